The monoisotopic (exact) mass is 462 g/mol. The smallest absolute Gasteiger partial charge is 0.341 e. The molecule has 0 aliphatic rings. The lowest BCUT2D eigenvalue weighted by atomic mass is 10.0. The molecule has 1 N–H and O–H groups in total. The summed E-state index contributed by atoms with van der Waals surface area (Å²) >= 11 is 3.53. The number of rotatable bonds is 5. The van der Waals surface area contributed by atoms with Crippen molar-refractivity contribution in [1.82, 2.24) is 9.38 Å². The molecular formula is C23H15BrN2O4. The van der Waals surface area contributed by atoms with Gasteiger partial charge in [-0.3, -0.25) is 9.78 Å². The van der Waals surface area contributed by atoms with Crippen LogP contribution < -0.4 is 10.2 Å². The second kappa shape index (κ2) is 7.11. The Morgan fingerprint density at radius 3 is 2.73 bits per heavy atom. The van der Waals surface area contributed by atoms with Gasteiger partial charge in [0.25, 0.3) is 0 Å². The van der Waals surface area contributed by atoms with Crippen LogP contribution in [0.2, 0.25) is 0 Å². The Morgan fingerprint density at radius 2 is 1.97 bits per heavy atom. The summed E-state index contributed by atoms with van der Waals surface area (Å²) in [6, 6.07) is 13.1. The molecule has 0 aliphatic heterocycles. The fourth-order valence-corrected chi connectivity index (χ4v) is 4.25. The summed E-state index contributed by atoms with van der Waals surface area (Å²) in [5.41, 5.74) is 3.22. The van der Waals surface area contributed by atoms with Crippen molar-refractivity contribution in [2.24, 2.45) is 0 Å². The van der Waals surface area contributed by atoms with E-state index in [0.717, 1.165) is 31.8 Å². The highest BCUT2D eigenvalue weighted by molar-refractivity contribution is 9.10. The average molecular weight is 463 g/mol. The first kappa shape index (κ1) is 18.6. The minimum atomic E-state index is -1.07. The number of hydrogen-bond acceptors (Lipinski definition) is 4. The number of carbonyl (C=O) groups is 1. The predicted molar refractivity (Wildman–Crippen MR) is 118 cm³/mol. The maximum atomic E-state index is 13.4. The van der Waals surface area contributed by atoms with Crippen molar-refractivity contribution in [2.45, 2.75) is 6.42 Å². The normalized spacial score (nSPS) is 11.5. The Bertz CT molecular complexity index is 1480. The molecular weight excluding hydrogens is 448 g/mol. The molecule has 5 aromatic rings. The first-order valence-corrected chi connectivity index (χ1v) is 10.1. The first-order chi connectivity index (χ1) is 14.5. The van der Waals surface area contributed by atoms with Crippen LogP contribution in [0, 0.1) is 0 Å². The third-order valence-corrected chi connectivity index (χ3v) is 5.63. The highest BCUT2D eigenvalue weighted by Crippen LogP contribution is 2.35. The van der Waals surface area contributed by atoms with Crippen LogP contribution in [-0.4, -0.2) is 27.1 Å². The summed E-state index contributed by atoms with van der Waals surface area (Å²) < 4.78 is 8.38. The van der Waals surface area contributed by atoms with Crippen molar-refractivity contribution in [3.8, 4) is 5.75 Å². The molecule has 0 bridgehead atoms. The maximum absolute atomic E-state index is 13.4. The summed E-state index contributed by atoms with van der Waals surface area (Å²) in [5, 5.41) is 11.3. The van der Waals surface area contributed by atoms with E-state index in [-0.39, 0.29) is 5.43 Å². The van der Waals surface area contributed by atoms with E-state index in [0.29, 0.717) is 23.1 Å². The molecule has 6 nitrogen and oxygen atoms in total. The van der Waals surface area contributed by atoms with Crippen LogP contribution in [-0.2, 0) is 11.2 Å². The Morgan fingerprint density at radius 1 is 1.13 bits per heavy atom. The third kappa shape index (κ3) is 3.07. The number of aromatic nitrogens is 2. The molecule has 0 radical (unpaired) electrons. The van der Waals surface area contributed by atoms with Gasteiger partial charge in [-0.1, -0.05) is 28.1 Å². The van der Waals surface area contributed by atoms with E-state index < -0.39 is 12.6 Å². The molecule has 3 aromatic heterocycles. The fourth-order valence-electron chi connectivity index (χ4n) is 3.90. The number of nitrogens with zero attached hydrogens (tertiary/aromatic N) is 2. The van der Waals surface area contributed by atoms with Gasteiger partial charge in [-0.2, -0.15) is 0 Å². The van der Waals surface area contributed by atoms with Crippen molar-refractivity contribution in [3.05, 3.63) is 86.9 Å². The molecule has 5 rings (SSSR count). The highest BCUT2D eigenvalue weighted by Gasteiger charge is 2.18. The van der Waals surface area contributed by atoms with Gasteiger partial charge in [0.15, 0.2) is 12.0 Å². The number of benzene rings is 2. The summed E-state index contributed by atoms with van der Waals surface area (Å²) in [5.74, 6) is -0.712. The van der Waals surface area contributed by atoms with Gasteiger partial charge in [-0.25, -0.2) is 4.79 Å². The Labute approximate surface area is 178 Å². The van der Waals surface area contributed by atoms with Crippen LogP contribution >= 0.6 is 15.9 Å². The lowest BCUT2D eigenvalue weighted by Gasteiger charge is -2.09. The molecule has 0 unspecified atom stereocenters. The van der Waals surface area contributed by atoms with E-state index in [2.05, 4.69) is 20.9 Å². The van der Waals surface area contributed by atoms with Gasteiger partial charge in [-0.05, 0) is 35.9 Å². The number of carboxylic acid groups (broad SMARTS) is 1. The van der Waals surface area contributed by atoms with Crippen LogP contribution in [0.25, 0.3) is 27.2 Å². The number of pyridine rings is 2. The van der Waals surface area contributed by atoms with E-state index in [9.17, 15) is 9.59 Å². The van der Waals surface area contributed by atoms with Crippen molar-refractivity contribution in [3.63, 3.8) is 0 Å². The second-order valence-electron chi connectivity index (χ2n) is 7.10. The Kier molecular flexibility index (Phi) is 4.40. The van der Waals surface area contributed by atoms with Gasteiger partial charge >= 0.3 is 5.97 Å². The average Bonchev–Trinajstić information content (AvgIpc) is 3.04. The highest BCUT2D eigenvalue weighted by atomic mass is 79.9. The van der Waals surface area contributed by atoms with E-state index in [1.807, 2.05) is 40.9 Å². The van der Waals surface area contributed by atoms with Crippen molar-refractivity contribution >= 4 is 49.1 Å². The summed E-state index contributed by atoms with van der Waals surface area (Å²) in [7, 11) is 0. The molecule has 0 amide bonds. The fraction of sp³-hybridized carbons (Fsp3) is 0.0870. The molecule has 0 saturated heterocycles. The number of halogens is 1. The van der Waals surface area contributed by atoms with Crippen molar-refractivity contribution < 1.29 is 14.6 Å². The van der Waals surface area contributed by atoms with Crippen LogP contribution in [0.4, 0.5) is 0 Å². The minimum Gasteiger partial charge on any atom is -0.482 e. The van der Waals surface area contributed by atoms with E-state index in [1.54, 1.807) is 24.5 Å². The summed E-state index contributed by atoms with van der Waals surface area (Å²) in [4.78, 5) is 28.5. The zero-order valence-corrected chi connectivity index (χ0v) is 17.2. The molecule has 0 spiro atoms. The number of hydrogen-bond donors (Lipinski definition) is 1. The maximum Gasteiger partial charge on any atom is 0.341 e. The van der Waals surface area contributed by atoms with Gasteiger partial charge in [-0.15, -0.1) is 0 Å². The van der Waals surface area contributed by atoms with Crippen LogP contribution in [0.3, 0.4) is 0 Å². The molecule has 0 fully saturated rings. The Hall–Kier alpha value is -3.45. The third-order valence-electron chi connectivity index (χ3n) is 5.13. The quantitative estimate of drug-likeness (QED) is 0.422. The molecule has 0 aliphatic carbocycles. The van der Waals surface area contributed by atoms with Gasteiger partial charge in [0, 0.05) is 45.8 Å². The topological polar surface area (TPSA) is 80.9 Å². The number of ether oxygens (including phenoxy) is 1. The van der Waals surface area contributed by atoms with Crippen molar-refractivity contribution in [1.29, 1.82) is 0 Å². The lowest BCUT2D eigenvalue weighted by Crippen LogP contribution is -2.13. The standard InChI is InChI=1S/C23H15BrN2O4/c24-15-3-4-17-18-8-16(30-12-21(27)28)9-19-22(18)26(20(17)7-15)11-14(23(19)29)6-13-2-1-5-25-10-13/h1-5,7-11H,6,12H2,(H,27,28). The van der Waals surface area contributed by atoms with Gasteiger partial charge in [0.05, 0.1) is 16.4 Å². The predicted octanol–water partition coefficient (Wildman–Crippen LogP) is 4.26. The first-order valence-electron chi connectivity index (χ1n) is 9.27. The minimum absolute atomic E-state index is 0.0981. The molecule has 3 heterocycles. The van der Waals surface area contributed by atoms with E-state index in [1.165, 1.54) is 0 Å². The molecule has 0 saturated carbocycles. The van der Waals surface area contributed by atoms with E-state index >= 15 is 0 Å². The van der Waals surface area contributed by atoms with Crippen LogP contribution in [0.15, 0.2) is 70.3 Å². The van der Waals surface area contributed by atoms with Gasteiger partial charge in [0.1, 0.15) is 5.75 Å². The largest absolute Gasteiger partial charge is 0.482 e. The molecule has 0 atom stereocenters. The second-order valence-corrected chi connectivity index (χ2v) is 8.02. The van der Waals surface area contributed by atoms with E-state index in [4.69, 9.17) is 9.84 Å². The zero-order chi connectivity index (χ0) is 20.8. The number of aliphatic carboxylic acids is 1. The summed E-state index contributed by atoms with van der Waals surface area (Å²) in [6.45, 7) is -0.471. The zero-order valence-electron chi connectivity index (χ0n) is 15.6. The molecule has 148 valence electrons. The number of carboxylic acids is 1. The lowest BCUT2D eigenvalue weighted by molar-refractivity contribution is -0.139. The molecule has 7 heteroatoms. The molecule has 30 heavy (non-hydrogen) atoms. The van der Waals surface area contributed by atoms with Crippen LogP contribution in [0.1, 0.15) is 11.1 Å². The molecule has 2 aromatic carbocycles. The van der Waals surface area contributed by atoms with Crippen molar-refractivity contribution in [2.75, 3.05) is 6.61 Å². The summed E-state index contributed by atoms with van der Waals surface area (Å²) in [6.07, 6.45) is 5.77. The van der Waals surface area contributed by atoms with Crippen LogP contribution in [0.5, 0.6) is 5.75 Å². The van der Waals surface area contributed by atoms with Gasteiger partial charge < -0.3 is 14.2 Å². The Balaban J connectivity index is 1.82. The number of fused-ring (bicyclic) bond motifs is 3. The SMILES string of the molecule is O=C(O)COc1cc2c(=O)c(Cc3cccnc3)cn3c4cc(Br)ccc4c(c1)c23. The van der Waals surface area contributed by atoms with Gasteiger partial charge in [0.2, 0.25) is 0 Å².